The number of urea groups is 1. The second-order valence-electron chi connectivity index (χ2n) is 13.2. The lowest BCUT2D eigenvalue weighted by molar-refractivity contribution is -0.126. The number of fused-ring (bicyclic) bond motifs is 1. The van der Waals surface area contributed by atoms with Crippen molar-refractivity contribution in [1.29, 1.82) is 0 Å². The van der Waals surface area contributed by atoms with Crippen molar-refractivity contribution in [2.45, 2.75) is 59.9 Å². The zero-order valence-electron chi connectivity index (χ0n) is 32.8. The molecule has 0 bridgehead atoms. The fourth-order valence-electron chi connectivity index (χ4n) is 6.02. The molecule has 1 aliphatic heterocycles. The van der Waals surface area contributed by atoms with Crippen molar-refractivity contribution in [3.63, 3.8) is 0 Å². The Morgan fingerprint density at radius 3 is 1.89 bits per heavy atom. The highest BCUT2D eigenvalue weighted by molar-refractivity contribution is 6.14. The van der Waals surface area contributed by atoms with E-state index in [1.807, 2.05) is 0 Å². The summed E-state index contributed by atoms with van der Waals surface area (Å²) in [6.07, 6.45) is 5.80. The molecule has 1 aliphatic carbocycles. The summed E-state index contributed by atoms with van der Waals surface area (Å²) >= 11 is 0. The van der Waals surface area contributed by atoms with Gasteiger partial charge in [0.2, 0.25) is 5.91 Å². The van der Waals surface area contributed by atoms with Gasteiger partial charge in [0.25, 0.3) is 17.7 Å². The molecule has 2 aromatic carbocycles. The molecule has 2 aliphatic rings. The lowest BCUT2D eigenvalue weighted by atomic mass is 9.97. The third-order valence-corrected chi connectivity index (χ3v) is 9.40. The number of anilines is 2. The number of rotatable bonds is 21. The summed E-state index contributed by atoms with van der Waals surface area (Å²) in [5, 5.41) is 20.2. The molecule has 2 atom stereocenters. The molecule has 4 rings (SSSR count). The van der Waals surface area contributed by atoms with Gasteiger partial charge in [0.05, 0.1) is 16.4 Å². The topological polar surface area (TPSA) is 206 Å². The van der Waals surface area contributed by atoms with E-state index < -0.39 is 47.4 Å². The molecule has 0 saturated carbocycles. The molecule has 298 valence electrons. The Labute approximate surface area is 326 Å². The van der Waals surface area contributed by atoms with Crippen LogP contribution in [0.4, 0.5) is 16.2 Å². The number of amides is 6. The van der Waals surface area contributed by atoms with E-state index in [0.717, 1.165) is 52.1 Å². The van der Waals surface area contributed by atoms with Crippen molar-refractivity contribution < 1.29 is 28.8 Å². The van der Waals surface area contributed by atoms with Crippen molar-refractivity contribution in [3.8, 4) is 0 Å². The van der Waals surface area contributed by atoms with E-state index in [4.69, 9.17) is 0 Å². The Morgan fingerprint density at radius 1 is 0.750 bits per heavy atom. The van der Waals surface area contributed by atoms with Gasteiger partial charge in [0.15, 0.2) is 5.78 Å². The highest BCUT2D eigenvalue weighted by Gasteiger charge is 2.27. The van der Waals surface area contributed by atoms with E-state index in [9.17, 15) is 28.8 Å². The van der Waals surface area contributed by atoms with Crippen molar-refractivity contribution in [3.05, 3.63) is 82.2 Å². The minimum absolute atomic E-state index is 0.154. The Hall–Kier alpha value is -5.74. The summed E-state index contributed by atoms with van der Waals surface area (Å²) < 4.78 is 0. The fraction of sp³-hybridized carbons (Fsp3) is 0.450. The van der Waals surface area contributed by atoms with Crippen LogP contribution in [0.15, 0.2) is 80.5 Å². The number of azo groups is 1. The first kappa shape index (κ1) is 43.0. The summed E-state index contributed by atoms with van der Waals surface area (Å²) in [6.45, 7) is 16.3. The number of allylic oxidation sites excluding steroid dienone is 2. The van der Waals surface area contributed by atoms with Crippen LogP contribution in [-0.4, -0.2) is 104 Å². The molecule has 0 saturated heterocycles. The van der Waals surface area contributed by atoms with Crippen LogP contribution >= 0.6 is 0 Å². The van der Waals surface area contributed by atoms with Crippen LogP contribution in [0.5, 0.6) is 0 Å². The minimum Gasteiger partial charge on any atom is -0.352 e. The van der Waals surface area contributed by atoms with Crippen molar-refractivity contribution in [2.75, 3.05) is 63.0 Å². The number of nitrogens with zero attached hydrogens (tertiary/aromatic N) is 6. The molecular weight excluding hydrogens is 717 g/mol. The molecule has 0 fully saturated rings. The second kappa shape index (κ2) is 21.4. The molecule has 2 aromatic rings. The van der Waals surface area contributed by atoms with Gasteiger partial charge in [-0.05, 0) is 101 Å². The number of hydrogen-bond donors (Lipinski definition) is 4. The third-order valence-electron chi connectivity index (χ3n) is 9.40. The number of carbonyl (C=O) groups is 6. The molecule has 0 radical (unpaired) electrons. The van der Waals surface area contributed by atoms with E-state index in [1.165, 1.54) is 42.5 Å². The predicted octanol–water partition coefficient (Wildman–Crippen LogP) is 3.43. The summed E-state index contributed by atoms with van der Waals surface area (Å²) in [7, 11) is 0. The first-order chi connectivity index (χ1) is 27.0. The summed E-state index contributed by atoms with van der Waals surface area (Å²) in [6, 6.07) is 7.65. The Morgan fingerprint density at radius 2 is 1.34 bits per heavy atom. The monoisotopic (exact) mass is 768 g/mol. The molecule has 2 unspecified atom stereocenters. The molecule has 1 heterocycles. The van der Waals surface area contributed by atoms with Gasteiger partial charge in [0.1, 0.15) is 12.0 Å². The molecule has 6 amide bonds. The first-order valence-electron chi connectivity index (χ1n) is 19.2. The normalized spacial score (nSPS) is 15.3. The average Bonchev–Trinajstić information content (AvgIpc) is 3.57. The highest BCUT2D eigenvalue weighted by Crippen LogP contribution is 2.21. The van der Waals surface area contributed by atoms with Crippen LogP contribution in [-0.2, 0) is 14.4 Å². The van der Waals surface area contributed by atoms with Gasteiger partial charge in [0, 0.05) is 41.7 Å². The number of ketones is 1. The van der Waals surface area contributed by atoms with Crippen molar-refractivity contribution >= 4 is 46.8 Å². The second-order valence-corrected chi connectivity index (χ2v) is 13.2. The molecule has 0 aromatic heterocycles. The van der Waals surface area contributed by atoms with Gasteiger partial charge < -0.3 is 31.1 Å². The zero-order chi connectivity index (χ0) is 40.6. The largest absolute Gasteiger partial charge is 0.368 e. The SMILES string of the molecule is CCC(N=NC1=CC(=O)C(C(=O)Nc2cc(C(=O)NCCCN(CC)CC)cc(C(=O)NCCCN(CC)CC)c2)C=C1)C(=O)Nc1ccc2c(c1)=NC(=O)N=2. The van der Waals surface area contributed by atoms with E-state index in [-0.39, 0.29) is 22.5 Å². The molecule has 4 N–H and O–H groups in total. The standard InChI is InChI=1S/C40H52N10O6/c1-6-32(39(55)43-28-14-16-33-34(24-28)46-40(56)45-33)48-47-29-13-15-31(35(51)25-29)38(54)44-30-22-26(36(52)41-17-11-19-49(7-2)8-3)21-27(23-30)37(53)42-18-12-20-50(9-4)10-5/h13-16,21-25,31-32H,6-12,17-20H2,1-5H3,(H,41,52)(H,42,53)(H,43,55)(H,44,54). The molecule has 0 spiro atoms. The molecular formula is C40H52N10O6. The van der Waals surface area contributed by atoms with Crippen molar-refractivity contribution in [1.82, 2.24) is 20.4 Å². The van der Waals surface area contributed by atoms with Crippen LogP contribution in [0.25, 0.3) is 0 Å². The first-order valence-corrected chi connectivity index (χ1v) is 19.2. The van der Waals surface area contributed by atoms with Gasteiger partial charge in [-0.3, -0.25) is 24.0 Å². The Kier molecular flexibility index (Phi) is 16.4. The number of carbonyl (C=O) groups excluding carboxylic acids is 6. The Balaban J connectivity index is 1.41. The smallest absolute Gasteiger partial charge is 0.352 e. The quantitative estimate of drug-likeness (QED) is 0.0839. The number of benzene rings is 2. The van der Waals surface area contributed by atoms with Gasteiger partial charge in [-0.1, -0.05) is 40.7 Å². The van der Waals surface area contributed by atoms with E-state index in [0.29, 0.717) is 35.9 Å². The molecule has 16 nitrogen and oxygen atoms in total. The Bertz CT molecular complexity index is 1950. The van der Waals surface area contributed by atoms with Gasteiger partial charge in [-0.15, -0.1) is 0 Å². The molecule has 16 heteroatoms. The lowest BCUT2D eigenvalue weighted by Gasteiger charge is -2.18. The average molecular weight is 769 g/mol. The van der Waals surface area contributed by atoms with Gasteiger partial charge in [-0.25, -0.2) is 4.79 Å². The van der Waals surface area contributed by atoms with E-state index >= 15 is 0 Å². The predicted molar refractivity (Wildman–Crippen MR) is 212 cm³/mol. The number of hydrogen-bond acceptors (Lipinski definition) is 10. The maximum atomic E-state index is 13.4. The summed E-state index contributed by atoms with van der Waals surface area (Å²) in [4.78, 5) is 89.4. The fourth-order valence-corrected chi connectivity index (χ4v) is 6.02. The number of nitrogens with one attached hydrogen (secondary N) is 4. The maximum Gasteiger partial charge on any atom is 0.368 e. The van der Waals surface area contributed by atoms with Crippen LogP contribution in [0.3, 0.4) is 0 Å². The zero-order valence-corrected chi connectivity index (χ0v) is 32.8. The summed E-state index contributed by atoms with van der Waals surface area (Å²) in [5.74, 6) is -3.68. The highest BCUT2D eigenvalue weighted by atomic mass is 16.2. The van der Waals surface area contributed by atoms with Crippen molar-refractivity contribution in [2.24, 2.45) is 26.1 Å². The maximum absolute atomic E-state index is 13.4. The van der Waals surface area contributed by atoms with Crippen LogP contribution in [0, 0.1) is 5.92 Å². The van der Waals surface area contributed by atoms with Crippen LogP contribution in [0.2, 0.25) is 0 Å². The molecule has 56 heavy (non-hydrogen) atoms. The minimum atomic E-state index is -1.21. The lowest BCUT2D eigenvalue weighted by Crippen LogP contribution is -2.32. The van der Waals surface area contributed by atoms with E-state index in [1.54, 1.807) is 19.1 Å². The third kappa shape index (κ3) is 12.4. The van der Waals surface area contributed by atoms with Gasteiger partial charge >= 0.3 is 6.03 Å². The van der Waals surface area contributed by atoms with Gasteiger partial charge in [-0.2, -0.15) is 20.2 Å². The summed E-state index contributed by atoms with van der Waals surface area (Å²) in [5.41, 5.74) is 1.13. The van der Waals surface area contributed by atoms with Crippen LogP contribution in [0.1, 0.15) is 74.6 Å². The van der Waals surface area contributed by atoms with Crippen LogP contribution < -0.4 is 32.0 Å². The van der Waals surface area contributed by atoms with E-state index in [2.05, 4.69) is 79.0 Å².